The summed E-state index contributed by atoms with van der Waals surface area (Å²) in [5.74, 6) is 1.90. The number of nitrogen functional groups attached to an aromatic ring is 1. The Hall–Kier alpha value is -2.30. The zero-order chi connectivity index (χ0) is 12.6. The van der Waals surface area contributed by atoms with Gasteiger partial charge < -0.3 is 15.8 Å². The molecule has 0 saturated heterocycles. The van der Waals surface area contributed by atoms with Crippen LogP contribution in [0, 0.1) is 0 Å². The van der Waals surface area contributed by atoms with Crippen molar-refractivity contribution in [2.75, 3.05) is 24.2 Å². The number of ether oxygens (including phenoxy) is 1. The third-order valence-corrected chi connectivity index (χ3v) is 2.29. The Kier molecular flexibility index (Phi) is 4.35. The van der Waals surface area contributed by atoms with E-state index in [1.54, 1.807) is 12.3 Å². The van der Waals surface area contributed by atoms with E-state index in [9.17, 15) is 0 Å². The Morgan fingerprint density at radius 3 is 2.78 bits per heavy atom. The highest BCUT2D eigenvalue weighted by atomic mass is 16.5. The van der Waals surface area contributed by atoms with Crippen molar-refractivity contribution in [2.45, 2.75) is 6.42 Å². The maximum absolute atomic E-state index is 5.56. The van der Waals surface area contributed by atoms with Crippen LogP contribution in [0.2, 0.25) is 0 Å². The molecule has 5 nitrogen and oxygen atoms in total. The highest BCUT2D eigenvalue weighted by molar-refractivity contribution is 5.34. The lowest BCUT2D eigenvalue weighted by Gasteiger charge is -2.07. The summed E-state index contributed by atoms with van der Waals surface area (Å²) in [6, 6.07) is 11.4. The zero-order valence-electron chi connectivity index (χ0n) is 10.0. The molecule has 5 heteroatoms. The molecular formula is C13H16N4O. The van der Waals surface area contributed by atoms with Gasteiger partial charge in [0, 0.05) is 12.7 Å². The third kappa shape index (κ3) is 3.93. The third-order valence-electron chi connectivity index (χ3n) is 2.29. The summed E-state index contributed by atoms with van der Waals surface area (Å²) in [5.41, 5.74) is 5.55. The highest BCUT2D eigenvalue weighted by Crippen LogP contribution is 2.08. The van der Waals surface area contributed by atoms with E-state index >= 15 is 0 Å². The second-order valence-corrected chi connectivity index (χ2v) is 3.75. The summed E-state index contributed by atoms with van der Waals surface area (Å²) in [5, 5.41) is 3.09. The van der Waals surface area contributed by atoms with E-state index in [1.807, 2.05) is 30.3 Å². The average Bonchev–Trinajstić information content (AvgIpc) is 2.40. The number of hydrogen-bond donors (Lipinski definition) is 2. The van der Waals surface area contributed by atoms with Crippen LogP contribution in [0.5, 0.6) is 5.75 Å². The smallest absolute Gasteiger partial charge is 0.224 e. The van der Waals surface area contributed by atoms with Gasteiger partial charge >= 0.3 is 0 Å². The predicted molar refractivity (Wildman–Crippen MR) is 71.5 cm³/mol. The van der Waals surface area contributed by atoms with Crippen LogP contribution in [0.1, 0.15) is 6.42 Å². The van der Waals surface area contributed by atoms with Crippen molar-refractivity contribution in [3.05, 3.63) is 42.6 Å². The molecule has 0 unspecified atom stereocenters. The minimum absolute atomic E-state index is 0.466. The summed E-state index contributed by atoms with van der Waals surface area (Å²) in [7, 11) is 0. The standard InChI is InChI=1S/C13H16N4O/c14-12-7-9-16-13(17-12)15-8-4-10-18-11-5-2-1-3-6-11/h1-3,5-7,9H,4,8,10H2,(H3,14,15,16,17). The van der Waals surface area contributed by atoms with Crippen LogP contribution in [-0.4, -0.2) is 23.1 Å². The number of benzene rings is 1. The molecule has 0 bridgehead atoms. The van der Waals surface area contributed by atoms with E-state index in [4.69, 9.17) is 10.5 Å². The molecule has 0 saturated carbocycles. The van der Waals surface area contributed by atoms with Gasteiger partial charge in [-0.25, -0.2) is 4.98 Å². The Bertz CT molecular complexity index is 475. The number of rotatable bonds is 6. The topological polar surface area (TPSA) is 73.1 Å². The summed E-state index contributed by atoms with van der Waals surface area (Å²) in [6.45, 7) is 1.40. The fraction of sp³-hybridized carbons (Fsp3) is 0.231. The van der Waals surface area contributed by atoms with Crippen LogP contribution >= 0.6 is 0 Å². The molecule has 0 atom stereocenters. The fourth-order valence-corrected chi connectivity index (χ4v) is 1.44. The van der Waals surface area contributed by atoms with E-state index in [2.05, 4.69) is 15.3 Å². The minimum atomic E-state index is 0.466. The van der Waals surface area contributed by atoms with Crippen molar-refractivity contribution in [3.63, 3.8) is 0 Å². The SMILES string of the molecule is Nc1ccnc(NCCCOc2ccccc2)n1. The van der Waals surface area contributed by atoms with Crippen LogP contribution in [-0.2, 0) is 0 Å². The Morgan fingerprint density at radius 1 is 1.17 bits per heavy atom. The summed E-state index contributed by atoms with van der Waals surface area (Å²) in [6.07, 6.45) is 2.50. The molecule has 0 aliphatic carbocycles. The van der Waals surface area contributed by atoms with Crippen LogP contribution in [0.3, 0.4) is 0 Å². The van der Waals surface area contributed by atoms with Crippen molar-refractivity contribution < 1.29 is 4.74 Å². The van der Waals surface area contributed by atoms with Gasteiger partial charge in [-0.1, -0.05) is 18.2 Å². The van der Waals surface area contributed by atoms with Gasteiger partial charge in [0.15, 0.2) is 0 Å². The van der Waals surface area contributed by atoms with Gasteiger partial charge in [0.25, 0.3) is 0 Å². The molecule has 0 aliphatic heterocycles. The molecule has 0 spiro atoms. The molecule has 94 valence electrons. The fourth-order valence-electron chi connectivity index (χ4n) is 1.44. The van der Waals surface area contributed by atoms with E-state index in [0.29, 0.717) is 18.4 Å². The maximum atomic E-state index is 5.56. The van der Waals surface area contributed by atoms with Crippen molar-refractivity contribution >= 4 is 11.8 Å². The number of aromatic nitrogens is 2. The Morgan fingerprint density at radius 2 is 2.00 bits per heavy atom. The largest absolute Gasteiger partial charge is 0.494 e. The molecule has 3 N–H and O–H groups in total. The lowest BCUT2D eigenvalue weighted by molar-refractivity contribution is 0.315. The van der Waals surface area contributed by atoms with E-state index in [-0.39, 0.29) is 0 Å². The monoisotopic (exact) mass is 244 g/mol. The first kappa shape index (κ1) is 12.2. The number of nitrogens with two attached hydrogens (primary N) is 1. The van der Waals surface area contributed by atoms with Crippen LogP contribution in [0.15, 0.2) is 42.6 Å². The van der Waals surface area contributed by atoms with Gasteiger partial charge in [0.05, 0.1) is 6.61 Å². The molecular weight excluding hydrogens is 228 g/mol. The molecule has 2 aromatic rings. The summed E-state index contributed by atoms with van der Waals surface area (Å²) < 4.78 is 5.56. The van der Waals surface area contributed by atoms with Crippen LogP contribution in [0.25, 0.3) is 0 Å². The number of nitrogens with one attached hydrogen (secondary N) is 1. The highest BCUT2D eigenvalue weighted by Gasteiger charge is 1.96. The number of hydrogen-bond acceptors (Lipinski definition) is 5. The molecule has 0 aliphatic rings. The van der Waals surface area contributed by atoms with Gasteiger partial charge in [-0.2, -0.15) is 4.98 Å². The summed E-state index contributed by atoms with van der Waals surface area (Å²) >= 11 is 0. The quantitative estimate of drug-likeness (QED) is 0.760. The lowest BCUT2D eigenvalue weighted by atomic mass is 10.3. The minimum Gasteiger partial charge on any atom is -0.494 e. The summed E-state index contributed by atoms with van der Waals surface area (Å²) in [4.78, 5) is 8.10. The van der Waals surface area contributed by atoms with E-state index < -0.39 is 0 Å². The molecule has 1 heterocycles. The molecule has 1 aromatic carbocycles. The van der Waals surface area contributed by atoms with E-state index in [0.717, 1.165) is 18.7 Å². The Balaban J connectivity index is 1.65. The second kappa shape index (κ2) is 6.44. The van der Waals surface area contributed by atoms with Crippen molar-refractivity contribution in [2.24, 2.45) is 0 Å². The molecule has 1 aromatic heterocycles. The first-order valence-electron chi connectivity index (χ1n) is 5.85. The van der Waals surface area contributed by atoms with E-state index in [1.165, 1.54) is 0 Å². The number of para-hydroxylation sites is 1. The van der Waals surface area contributed by atoms with Gasteiger partial charge in [0.1, 0.15) is 11.6 Å². The van der Waals surface area contributed by atoms with Crippen LogP contribution < -0.4 is 15.8 Å². The lowest BCUT2D eigenvalue weighted by Crippen LogP contribution is -2.09. The molecule has 0 radical (unpaired) electrons. The molecule has 2 rings (SSSR count). The van der Waals surface area contributed by atoms with Crippen molar-refractivity contribution in [1.29, 1.82) is 0 Å². The number of anilines is 2. The van der Waals surface area contributed by atoms with Crippen LogP contribution in [0.4, 0.5) is 11.8 Å². The van der Waals surface area contributed by atoms with Crippen molar-refractivity contribution in [1.82, 2.24) is 9.97 Å². The normalized spacial score (nSPS) is 10.0. The van der Waals surface area contributed by atoms with Gasteiger partial charge in [-0.3, -0.25) is 0 Å². The number of nitrogens with zero attached hydrogens (tertiary/aromatic N) is 2. The van der Waals surface area contributed by atoms with Gasteiger partial charge in [-0.15, -0.1) is 0 Å². The van der Waals surface area contributed by atoms with Gasteiger partial charge in [-0.05, 0) is 24.6 Å². The van der Waals surface area contributed by atoms with Crippen molar-refractivity contribution in [3.8, 4) is 5.75 Å². The molecule has 18 heavy (non-hydrogen) atoms. The maximum Gasteiger partial charge on any atom is 0.224 e. The van der Waals surface area contributed by atoms with Gasteiger partial charge in [0.2, 0.25) is 5.95 Å². The average molecular weight is 244 g/mol. The Labute approximate surface area is 106 Å². The zero-order valence-corrected chi connectivity index (χ0v) is 10.0. The first-order chi connectivity index (χ1) is 8.84. The molecule has 0 amide bonds. The second-order valence-electron chi connectivity index (χ2n) is 3.75. The predicted octanol–water partition coefficient (Wildman–Crippen LogP) is 1.94. The molecule has 0 fully saturated rings. The first-order valence-corrected chi connectivity index (χ1v) is 5.85.